The first kappa shape index (κ1) is 17.6. The van der Waals surface area contributed by atoms with Gasteiger partial charge in [-0.2, -0.15) is 0 Å². The quantitative estimate of drug-likeness (QED) is 0.876. The zero-order valence-corrected chi connectivity index (χ0v) is 16.0. The fourth-order valence-corrected chi connectivity index (χ4v) is 3.72. The number of hydrogen-bond donors (Lipinski definition) is 1. The minimum Gasteiger partial charge on any atom is -0.327 e. The van der Waals surface area contributed by atoms with Gasteiger partial charge in [0.05, 0.1) is 23.9 Å². The summed E-state index contributed by atoms with van der Waals surface area (Å²) in [5.74, 6) is -0.0824. The zero-order chi connectivity index (χ0) is 19.1. The first-order chi connectivity index (χ1) is 13.0. The van der Waals surface area contributed by atoms with Gasteiger partial charge >= 0.3 is 6.03 Å². The summed E-state index contributed by atoms with van der Waals surface area (Å²) in [4.78, 5) is 29.0. The molecule has 2 aromatic rings. The van der Waals surface area contributed by atoms with E-state index in [4.69, 9.17) is 11.6 Å². The number of amides is 3. The lowest BCUT2D eigenvalue weighted by molar-refractivity contribution is -0.114. The van der Waals surface area contributed by atoms with Gasteiger partial charge in [0.1, 0.15) is 0 Å². The molecule has 2 heterocycles. The van der Waals surface area contributed by atoms with Gasteiger partial charge in [0.2, 0.25) is 0 Å². The molecule has 3 amide bonds. The number of urea groups is 1. The Labute approximate surface area is 163 Å². The van der Waals surface area contributed by atoms with Crippen LogP contribution in [0.4, 0.5) is 10.5 Å². The predicted molar refractivity (Wildman–Crippen MR) is 106 cm³/mol. The van der Waals surface area contributed by atoms with Gasteiger partial charge in [-0.05, 0) is 41.8 Å². The highest BCUT2D eigenvalue weighted by Gasteiger charge is 2.43. The summed E-state index contributed by atoms with van der Waals surface area (Å²) in [5, 5.41) is 3.55. The monoisotopic (exact) mass is 381 g/mol. The SMILES string of the molecule is CCc1ccc(N2CC3=C(C2=O)[C@@H](c2ccc(Cl)cc2)NC(=O)N3C)cc1. The van der Waals surface area contributed by atoms with Crippen molar-refractivity contribution in [1.29, 1.82) is 0 Å². The maximum atomic E-state index is 13.3. The number of halogens is 1. The summed E-state index contributed by atoms with van der Waals surface area (Å²) >= 11 is 5.99. The van der Waals surface area contributed by atoms with Crippen LogP contribution in [-0.2, 0) is 11.2 Å². The van der Waals surface area contributed by atoms with E-state index < -0.39 is 6.04 Å². The minimum absolute atomic E-state index is 0.0824. The fourth-order valence-electron chi connectivity index (χ4n) is 3.59. The Bertz CT molecular complexity index is 935. The number of anilines is 1. The molecule has 0 fully saturated rings. The highest BCUT2D eigenvalue weighted by atomic mass is 35.5. The number of rotatable bonds is 3. The van der Waals surface area contributed by atoms with Gasteiger partial charge in [-0.25, -0.2) is 4.79 Å². The Morgan fingerprint density at radius 1 is 1.07 bits per heavy atom. The second-order valence-corrected chi connectivity index (χ2v) is 7.20. The van der Waals surface area contributed by atoms with Crippen molar-refractivity contribution in [3.63, 3.8) is 0 Å². The molecule has 2 aliphatic heterocycles. The van der Waals surface area contributed by atoms with Gasteiger partial charge in [0.15, 0.2) is 0 Å². The van der Waals surface area contributed by atoms with Crippen LogP contribution in [0, 0.1) is 0 Å². The molecule has 0 radical (unpaired) electrons. The Morgan fingerprint density at radius 2 is 1.74 bits per heavy atom. The maximum Gasteiger partial charge on any atom is 0.322 e. The van der Waals surface area contributed by atoms with Crippen LogP contribution in [-0.4, -0.2) is 30.4 Å². The average molecular weight is 382 g/mol. The average Bonchev–Trinajstić information content (AvgIpc) is 3.03. The first-order valence-electron chi connectivity index (χ1n) is 8.93. The largest absolute Gasteiger partial charge is 0.327 e. The van der Waals surface area contributed by atoms with Crippen LogP contribution in [0.3, 0.4) is 0 Å². The van der Waals surface area contributed by atoms with Crippen molar-refractivity contribution in [1.82, 2.24) is 10.2 Å². The zero-order valence-electron chi connectivity index (χ0n) is 15.2. The van der Waals surface area contributed by atoms with E-state index in [1.807, 2.05) is 36.4 Å². The smallest absolute Gasteiger partial charge is 0.322 e. The Balaban J connectivity index is 1.72. The van der Waals surface area contributed by atoms with Gasteiger partial charge in [-0.1, -0.05) is 42.8 Å². The predicted octanol–water partition coefficient (Wildman–Crippen LogP) is 3.90. The van der Waals surface area contributed by atoms with E-state index in [2.05, 4.69) is 12.2 Å². The summed E-state index contributed by atoms with van der Waals surface area (Å²) in [6.45, 7) is 2.48. The van der Waals surface area contributed by atoms with Crippen molar-refractivity contribution in [3.05, 3.63) is 76.0 Å². The lowest BCUT2D eigenvalue weighted by Gasteiger charge is -2.31. The van der Waals surface area contributed by atoms with Crippen LogP contribution >= 0.6 is 11.6 Å². The number of nitrogens with one attached hydrogen (secondary N) is 1. The van der Waals surface area contributed by atoms with Crippen molar-refractivity contribution in [2.45, 2.75) is 19.4 Å². The van der Waals surface area contributed by atoms with E-state index in [1.54, 1.807) is 24.1 Å². The van der Waals surface area contributed by atoms with Crippen LogP contribution in [0.25, 0.3) is 0 Å². The van der Waals surface area contributed by atoms with Gasteiger partial charge < -0.3 is 10.2 Å². The van der Waals surface area contributed by atoms with Crippen molar-refractivity contribution in [2.75, 3.05) is 18.5 Å². The molecule has 0 aliphatic carbocycles. The normalized spacial score (nSPS) is 19.4. The second kappa shape index (κ2) is 6.74. The molecule has 138 valence electrons. The molecule has 2 aliphatic rings. The maximum absolute atomic E-state index is 13.3. The fraction of sp³-hybridized carbons (Fsp3) is 0.238. The standard InChI is InChI=1S/C21H20ClN3O2/c1-3-13-4-10-16(11-5-13)25-12-17-18(20(25)26)19(23-21(27)24(17)2)14-6-8-15(22)9-7-14/h4-11,19H,3,12H2,1-2H3,(H,23,27)/t19-/m1/s1. The summed E-state index contributed by atoms with van der Waals surface area (Å²) in [6, 6.07) is 14.5. The topological polar surface area (TPSA) is 52.7 Å². The molecule has 0 spiro atoms. The van der Waals surface area contributed by atoms with E-state index in [0.717, 1.165) is 23.4 Å². The number of benzene rings is 2. The Kier molecular flexibility index (Phi) is 4.40. The molecule has 4 rings (SSSR count). The van der Waals surface area contributed by atoms with E-state index in [1.165, 1.54) is 10.5 Å². The van der Waals surface area contributed by atoms with Crippen LogP contribution in [0.5, 0.6) is 0 Å². The van der Waals surface area contributed by atoms with Crippen LogP contribution in [0.1, 0.15) is 24.1 Å². The molecule has 0 saturated carbocycles. The van der Waals surface area contributed by atoms with Gasteiger partial charge in [-0.15, -0.1) is 0 Å². The minimum atomic E-state index is -0.478. The lowest BCUT2D eigenvalue weighted by atomic mass is 9.96. The number of likely N-dealkylation sites (N-methyl/N-ethyl adjacent to an activating group) is 1. The molecule has 0 bridgehead atoms. The van der Waals surface area contributed by atoms with Crippen molar-refractivity contribution >= 4 is 29.2 Å². The number of aryl methyl sites for hydroxylation is 1. The van der Waals surface area contributed by atoms with E-state index in [-0.39, 0.29) is 11.9 Å². The van der Waals surface area contributed by atoms with Crippen LogP contribution < -0.4 is 10.2 Å². The van der Waals surface area contributed by atoms with Gasteiger partial charge in [-0.3, -0.25) is 9.69 Å². The number of carbonyl (C=O) groups is 2. The highest BCUT2D eigenvalue weighted by molar-refractivity contribution is 6.30. The molecular weight excluding hydrogens is 362 g/mol. The third-order valence-electron chi connectivity index (χ3n) is 5.22. The number of hydrogen-bond acceptors (Lipinski definition) is 2. The van der Waals surface area contributed by atoms with Crippen LogP contribution in [0.2, 0.25) is 5.02 Å². The summed E-state index contributed by atoms with van der Waals surface area (Å²) in [5.41, 5.74) is 4.24. The summed E-state index contributed by atoms with van der Waals surface area (Å²) in [7, 11) is 1.69. The molecular formula is C21H20ClN3O2. The third kappa shape index (κ3) is 2.98. The third-order valence-corrected chi connectivity index (χ3v) is 5.47. The van der Waals surface area contributed by atoms with E-state index in [0.29, 0.717) is 17.1 Å². The Hall–Kier alpha value is -2.79. The highest BCUT2D eigenvalue weighted by Crippen LogP contribution is 2.37. The lowest BCUT2D eigenvalue weighted by Crippen LogP contribution is -2.45. The van der Waals surface area contributed by atoms with Crippen molar-refractivity contribution in [2.24, 2.45) is 0 Å². The van der Waals surface area contributed by atoms with Gasteiger partial charge in [0, 0.05) is 17.8 Å². The molecule has 6 heteroatoms. The molecule has 1 atom stereocenters. The molecule has 2 aromatic carbocycles. The molecule has 0 aromatic heterocycles. The van der Waals surface area contributed by atoms with Gasteiger partial charge in [0.25, 0.3) is 5.91 Å². The number of nitrogens with zero attached hydrogens (tertiary/aromatic N) is 2. The van der Waals surface area contributed by atoms with Crippen molar-refractivity contribution in [3.8, 4) is 0 Å². The molecule has 5 nitrogen and oxygen atoms in total. The first-order valence-corrected chi connectivity index (χ1v) is 9.31. The molecule has 27 heavy (non-hydrogen) atoms. The summed E-state index contributed by atoms with van der Waals surface area (Å²) in [6.07, 6.45) is 0.947. The van der Waals surface area contributed by atoms with E-state index in [9.17, 15) is 9.59 Å². The van der Waals surface area contributed by atoms with E-state index >= 15 is 0 Å². The molecule has 0 unspecified atom stereocenters. The molecule has 1 N–H and O–H groups in total. The van der Waals surface area contributed by atoms with Crippen LogP contribution in [0.15, 0.2) is 59.8 Å². The number of carbonyl (C=O) groups excluding carboxylic acids is 2. The summed E-state index contributed by atoms with van der Waals surface area (Å²) < 4.78 is 0. The Morgan fingerprint density at radius 3 is 2.37 bits per heavy atom. The molecule has 0 saturated heterocycles. The van der Waals surface area contributed by atoms with Crippen molar-refractivity contribution < 1.29 is 9.59 Å². The second-order valence-electron chi connectivity index (χ2n) is 6.76.